The topological polar surface area (TPSA) is 53.2 Å². The molecule has 1 heterocycles. The third-order valence-corrected chi connectivity index (χ3v) is 3.62. The molecule has 0 bridgehead atoms. The fourth-order valence-electron chi connectivity index (χ4n) is 1.63. The molecule has 0 saturated carbocycles. The molecule has 1 amide bonds. The van der Waals surface area contributed by atoms with Crippen molar-refractivity contribution >= 4 is 40.3 Å². The highest BCUT2D eigenvalue weighted by atomic mass is 32.1. The Labute approximate surface area is 127 Å². The van der Waals surface area contributed by atoms with Crippen molar-refractivity contribution in [2.24, 2.45) is 0 Å². The van der Waals surface area contributed by atoms with Crippen molar-refractivity contribution < 1.29 is 4.79 Å². The average Bonchev–Trinajstić information content (AvgIpc) is 2.83. The highest BCUT2D eigenvalue weighted by Gasteiger charge is 2.07. The summed E-state index contributed by atoms with van der Waals surface area (Å²) in [4.78, 5) is 12.9. The molecule has 1 aromatic heterocycles. The standard InChI is InChI=1S/C14H15N3OS2/c1-9-4-3-5-12(6-9)15-14(19)17-16-13(18)11-7-10(2)20-8-11/h3-8H,1-2H3,(H,16,18)(H2,15,17,19). The number of thiophene rings is 1. The minimum atomic E-state index is -0.206. The number of hydrogen-bond acceptors (Lipinski definition) is 3. The Kier molecular flexibility index (Phi) is 4.70. The van der Waals surface area contributed by atoms with Crippen molar-refractivity contribution in [1.82, 2.24) is 10.9 Å². The molecule has 0 unspecified atom stereocenters. The fourth-order valence-corrected chi connectivity index (χ4v) is 2.49. The van der Waals surface area contributed by atoms with Gasteiger partial charge in [-0.05, 0) is 49.8 Å². The minimum absolute atomic E-state index is 0.206. The lowest BCUT2D eigenvalue weighted by Crippen LogP contribution is -2.43. The molecule has 0 atom stereocenters. The number of nitrogens with one attached hydrogen (secondary N) is 3. The summed E-state index contributed by atoms with van der Waals surface area (Å²) in [6.07, 6.45) is 0. The zero-order valence-electron chi connectivity index (χ0n) is 11.2. The zero-order chi connectivity index (χ0) is 14.5. The van der Waals surface area contributed by atoms with Crippen LogP contribution in [0.25, 0.3) is 0 Å². The first-order valence-corrected chi connectivity index (χ1v) is 7.32. The van der Waals surface area contributed by atoms with Crippen molar-refractivity contribution in [1.29, 1.82) is 0 Å². The lowest BCUT2D eigenvalue weighted by Gasteiger charge is -2.11. The van der Waals surface area contributed by atoms with Gasteiger partial charge < -0.3 is 5.32 Å². The van der Waals surface area contributed by atoms with Gasteiger partial charge in [0.25, 0.3) is 5.91 Å². The van der Waals surface area contributed by atoms with Gasteiger partial charge in [-0.15, -0.1) is 11.3 Å². The van der Waals surface area contributed by atoms with Crippen LogP contribution in [0.3, 0.4) is 0 Å². The molecule has 0 aliphatic heterocycles. The Morgan fingerprint density at radius 1 is 1.20 bits per heavy atom. The van der Waals surface area contributed by atoms with E-state index in [4.69, 9.17) is 12.2 Å². The van der Waals surface area contributed by atoms with Gasteiger partial charge in [0.15, 0.2) is 5.11 Å². The lowest BCUT2D eigenvalue weighted by atomic mass is 10.2. The van der Waals surface area contributed by atoms with E-state index in [1.807, 2.05) is 49.6 Å². The monoisotopic (exact) mass is 305 g/mol. The van der Waals surface area contributed by atoms with E-state index in [1.165, 1.54) is 11.3 Å². The molecular formula is C14H15N3OS2. The molecule has 2 aromatic rings. The van der Waals surface area contributed by atoms with E-state index in [9.17, 15) is 4.79 Å². The van der Waals surface area contributed by atoms with E-state index in [-0.39, 0.29) is 5.91 Å². The molecule has 104 valence electrons. The number of hydrogen-bond donors (Lipinski definition) is 3. The average molecular weight is 305 g/mol. The first-order valence-electron chi connectivity index (χ1n) is 6.04. The molecule has 3 N–H and O–H groups in total. The number of aryl methyl sites for hydroxylation is 2. The Bertz CT molecular complexity index is 637. The second-order valence-electron chi connectivity index (χ2n) is 4.35. The third kappa shape index (κ3) is 4.04. The summed E-state index contributed by atoms with van der Waals surface area (Å²) in [6.45, 7) is 3.96. The van der Waals surface area contributed by atoms with Gasteiger partial charge in [-0.1, -0.05) is 12.1 Å². The van der Waals surface area contributed by atoms with Crippen LogP contribution in [0.1, 0.15) is 20.8 Å². The highest BCUT2D eigenvalue weighted by Crippen LogP contribution is 2.12. The van der Waals surface area contributed by atoms with Crippen LogP contribution in [-0.2, 0) is 0 Å². The van der Waals surface area contributed by atoms with Crippen molar-refractivity contribution in [3.63, 3.8) is 0 Å². The van der Waals surface area contributed by atoms with Crippen LogP contribution in [-0.4, -0.2) is 11.0 Å². The first kappa shape index (κ1) is 14.5. The third-order valence-electron chi connectivity index (χ3n) is 2.56. The van der Waals surface area contributed by atoms with Gasteiger partial charge >= 0.3 is 0 Å². The predicted octanol–water partition coefficient (Wildman–Crippen LogP) is 3.00. The smallest absolute Gasteiger partial charge is 0.270 e. The SMILES string of the molecule is Cc1cccc(NC(=S)NNC(=O)c2csc(C)c2)c1. The number of rotatable bonds is 2. The summed E-state index contributed by atoms with van der Waals surface area (Å²) in [7, 11) is 0. The van der Waals surface area contributed by atoms with E-state index >= 15 is 0 Å². The Morgan fingerprint density at radius 2 is 2.00 bits per heavy atom. The zero-order valence-corrected chi connectivity index (χ0v) is 12.8. The molecule has 0 saturated heterocycles. The molecule has 4 nitrogen and oxygen atoms in total. The molecule has 0 aliphatic rings. The van der Waals surface area contributed by atoms with Crippen LogP contribution in [0.5, 0.6) is 0 Å². The van der Waals surface area contributed by atoms with Crippen LogP contribution in [0.4, 0.5) is 5.69 Å². The van der Waals surface area contributed by atoms with Crippen LogP contribution in [0.2, 0.25) is 0 Å². The highest BCUT2D eigenvalue weighted by molar-refractivity contribution is 7.80. The largest absolute Gasteiger partial charge is 0.331 e. The van der Waals surface area contributed by atoms with Crippen LogP contribution in [0.15, 0.2) is 35.7 Å². The van der Waals surface area contributed by atoms with E-state index < -0.39 is 0 Å². The quantitative estimate of drug-likeness (QED) is 0.590. The fraction of sp³-hybridized carbons (Fsp3) is 0.143. The maximum absolute atomic E-state index is 11.8. The Balaban J connectivity index is 1.85. The summed E-state index contributed by atoms with van der Waals surface area (Å²) in [5, 5.41) is 5.16. The van der Waals surface area contributed by atoms with Gasteiger partial charge in [-0.2, -0.15) is 0 Å². The lowest BCUT2D eigenvalue weighted by molar-refractivity contribution is 0.0944. The van der Waals surface area contributed by atoms with E-state index in [1.54, 1.807) is 0 Å². The first-order chi connectivity index (χ1) is 9.54. The van der Waals surface area contributed by atoms with Crippen LogP contribution in [0, 0.1) is 13.8 Å². The number of carbonyl (C=O) groups is 1. The molecule has 1 aromatic carbocycles. The second-order valence-corrected chi connectivity index (χ2v) is 5.87. The van der Waals surface area contributed by atoms with Gasteiger partial charge in [-0.3, -0.25) is 15.6 Å². The number of thiocarbonyl (C=S) groups is 1. The van der Waals surface area contributed by atoms with Gasteiger partial charge in [0, 0.05) is 15.9 Å². The summed E-state index contributed by atoms with van der Waals surface area (Å²) in [6, 6.07) is 9.65. The van der Waals surface area contributed by atoms with E-state index in [0.29, 0.717) is 10.7 Å². The summed E-state index contributed by atoms with van der Waals surface area (Å²) in [5.41, 5.74) is 7.88. The maximum atomic E-state index is 11.8. The summed E-state index contributed by atoms with van der Waals surface area (Å²) in [5.74, 6) is -0.206. The molecule has 0 spiro atoms. The maximum Gasteiger partial charge on any atom is 0.270 e. The van der Waals surface area contributed by atoms with Gasteiger partial charge in [0.2, 0.25) is 0 Å². The minimum Gasteiger partial charge on any atom is -0.331 e. The van der Waals surface area contributed by atoms with Crippen molar-refractivity contribution in [3.05, 3.63) is 51.7 Å². The second kappa shape index (κ2) is 6.49. The molecular weight excluding hydrogens is 290 g/mol. The van der Waals surface area contributed by atoms with Gasteiger partial charge in [0.1, 0.15) is 0 Å². The van der Waals surface area contributed by atoms with Crippen LogP contribution >= 0.6 is 23.6 Å². The van der Waals surface area contributed by atoms with Crippen molar-refractivity contribution in [2.45, 2.75) is 13.8 Å². The van der Waals surface area contributed by atoms with E-state index in [2.05, 4.69) is 16.2 Å². The molecule has 0 radical (unpaired) electrons. The predicted molar refractivity (Wildman–Crippen MR) is 87.1 cm³/mol. The summed E-state index contributed by atoms with van der Waals surface area (Å²) < 4.78 is 0. The molecule has 0 fully saturated rings. The number of anilines is 1. The number of hydrazine groups is 1. The molecule has 2 rings (SSSR count). The van der Waals surface area contributed by atoms with Crippen LogP contribution < -0.4 is 16.2 Å². The molecule has 0 aliphatic carbocycles. The Morgan fingerprint density at radius 3 is 2.65 bits per heavy atom. The number of benzene rings is 1. The normalized spacial score (nSPS) is 9.90. The molecule has 20 heavy (non-hydrogen) atoms. The van der Waals surface area contributed by atoms with Gasteiger partial charge in [-0.25, -0.2) is 0 Å². The Hall–Kier alpha value is -1.92. The number of amides is 1. The van der Waals surface area contributed by atoms with E-state index in [0.717, 1.165) is 16.1 Å². The van der Waals surface area contributed by atoms with Crippen molar-refractivity contribution in [2.75, 3.05) is 5.32 Å². The van der Waals surface area contributed by atoms with Gasteiger partial charge in [0.05, 0.1) is 5.56 Å². The summed E-state index contributed by atoms with van der Waals surface area (Å²) >= 11 is 6.65. The van der Waals surface area contributed by atoms with Crippen molar-refractivity contribution in [3.8, 4) is 0 Å². The molecule has 6 heteroatoms. The number of carbonyl (C=O) groups excluding carboxylic acids is 1.